The highest BCUT2D eigenvalue weighted by Gasteiger charge is 2.32. The predicted octanol–water partition coefficient (Wildman–Crippen LogP) is -0.188. The SMILES string of the molecule is O=[N+]([O-])c1cccc2c1COB2O. The Balaban J connectivity index is 2.57. The normalized spacial score (nSPS) is 14.4. The second kappa shape index (κ2) is 2.83. The van der Waals surface area contributed by atoms with Crippen LogP contribution in [0.4, 0.5) is 5.69 Å². The lowest BCUT2D eigenvalue weighted by Crippen LogP contribution is -2.28. The van der Waals surface area contributed by atoms with Gasteiger partial charge in [0.15, 0.2) is 0 Å². The Hall–Kier alpha value is -1.40. The van der Waals surface area contributed by atoms with Gasteiger partial charge < -0.3 is 9.68 Å². The van der Waals surface area contributed by atoms with E-state index in [1.807, 2.05) is 0 Å². The molecule has 1 aliphatic rings. The second-order valence-corrected chi connectivity index (χ2v) is 2.77. The van der Waals surface area contributed by atoms with E-state index in [1.54, 1.807) is 6.07 Å². The molecule has 0 aromatic heterocycles. The Kier molecular flexibility index (Phi) is 1.79. The van der Waals surface area contributed by atoms with Gasteiger partial charge in [-0.25, -0.2) is 0 Å². The van der Waals surface area contributed by atoms with Gasteiger partial charge in [0.2, 0.25) is 0 Å². The van der Waals surface area contributed by atoms with Crippen molar-refractivity contribution in [2.24, 2.45) is 0 Å². The molecular formula is C7H6BNO4. The number of nitro benzene ring substituents is 1. The van der Waals surface area contributed by atoms with Crippen LogP contribution in [0.25, 0.3) is 0 Å². The van der Waals surface area contributed by atoms with Gasteiger partial charge in [0, 0.05) is 6.07 Å². The van der Waals surface area contributed by atoms with Crippen LogP contribution in [0.1, 0.15) is 5.56 Å². The highest BCUT2D eigenvalue weighted by atomic mass is 16.6. The minimum atomic E-state index is -1.02. The highest BCUT2D eigenvalue weighted by molar-refractivity contribution is 6.61. The number of hydrogen-bond donors (Lipinski definition) is 1. The Bertz CT molecular complexity index is 368. The van der Waals surface area contributed by atoms with E-state index in [0.29, 0.717) is 11.0 Å². The molecule has 1 heterocycles. The van der Waals surface area contributed by atoms with Crippen LogP contribution in [0.15, 0.2) is 18.2 Å². The van der Waals surface area contributed by atoms with Crippen molar-refractivity contribution in [3.05, 3.63) is 33.9 Å². The van der Waals surface area contributed by atoms with Gasteiger partial charge in [0.05, 0.1) is 17.1 Å². The van der Waals surface area contributed by atoms with E-state index in [0.717, 1.165) is 0 Å². The molecule has 0 atom stereocenters. The molecule has 13 heavy (non-hydrogen) atoms. The standard InChI is InChI=1S/C7H6BNO4/c10-8-6-2-1-3-7(9(11)12)5(6)4-13-8/h1-3,10H,4H2. The first-order chi connectivity index (χ1) is 6.20. The van der Waals surface area contributed by atoms with Crippen molar-refractivity contribution in [2.75, 3.05) is 0 Å². The topological polar surface area (TPSA) is 72.6 Å². The van der Waals surface area contributed by atoms with Gasteiger partial charge in [-0.15, -0.1) is 0 Å². The number of hydrogen-bond acceptors (Lipinski definition) is 4. The summed E-state index contributed by atoms with van der Waals surface area (Å²) in [7, 11) is -1.02. The van der Waals surface area contributed by atoms with E-state index in [-0.39, 0.29) is 12.3 Å². The molecule has 1 N–H and O–H groups in total. The maximum absolute atomic E-state index is 10.5. The molecule has 0 bridgehead atoms. The minimum Gasteiger partial charge on any atom is -0.423 e. The van der Waals surface area contributed by atoms with E-state index in [9.17, 15) is 15.1 Å². The van der Waals surface area contributed by atoms with Gasteiger partial charge in [-0.05, 0) is 5.46 Å². The van der Waals surface area contributed by atoms with Crippen LogP contribution < -0.4 is 5.46 Å². The zero-order valence-electron chi connectivity index (χ0n) is 6.64. The molecule has 1 aliphatic heterocycles. The smallest absolute Gasteiger partial charge is 0.423 e. The predicted molar refractivity (Wildman–Crippen MR) is 45.5 cm³/mol. The van der Waals surface area contributed by atoms with Crippen molar-refractivity contribution in [3.8, 4) is 0 Å². The van der Waals surface area contributed by atoms with E-state index in [2.05, 4.69) is 0 Å². The molecule has 0 spiro atoms. The van der Waals surface area contributed by atoms with Crippen LogP contribution in [0, 0.1) is 10.1 Å². The van der Waals surface area contributed by atoms with Gasteiger partial charge in [0.25, 0.3) is 5.69 Å². The summed E-state index contributed by atoms with van der Waals surface area (Å²) >= 11 is 0. The molecule has 6 heteroatoms. The first-order valence-electron chi connectivity index (χ1n) is 3.76. The Labute approximate surface area is 74.2 Å². The van der Waals surface area contributed by atoms with Gasteiger partial charge >= 0.3 is 7.12 Å². The summed E-state index contributed by atoms with van der Waals surface area (Å²) in [5.74, 6) is 0. The lowest BCUT2D eigenvalue weighted by molar-refractivity contribution is -0.385. The molecular weight excluding hydrogens is 173 g/mol. The molecule has 1 aromatic rings. The summed E-state index contributed by atoms with van der Waals surface area (Å²) in [6.45, 7) is 0.105. The average molecular weight is 179 g/mol. The lowest BCUT2D eigenvalue weighted by Gasteiger charge is -1.97. The van der Waals surface area contributed by atoms with Gasteiger partial charge in [-0.1, -0.05) is 12.1 Å². The van der Waals surface area contributed by atoms with Crippen molar-refractivity contribution in [1.29, 1.82) is 0 Å². The molecule has 0 amide bonds. The Morgan fingerprint density at radius 3 is 3.08 bits per heavy atom. The molecule has 66 valence electrons. The summed E-state index contributed by atoms with van der Waals surface area (Å²) in [4.78, 5) is 10.1. The number of benzene rings is 1. The van der Waals surface area contributed by atoms with Gasteiger partial charge in [-0.2, -0.15) is 0 Å². The molecule has 1 aromatic carbocycles. The monoisotopic (exact) mass is 179 g/mol. The molecule has 2 rings (SSSR count). The molecule has 0 radical (unpaired) electrons. The summed E-state index contributed by atoms with van der Waals surface area (Å²) < 4.78 is 4.87. The van der Waals surface area contributed by atoms with Gasteiger partial charge in [-0.3, -0.25) is 10.1 Å². The molecule has 0 aliphatic carbocycles. The molecule has 0 fully saturated rings. The maximum Gasteiger partial charge on any atom is 0.492 e. The van der Waals surface area contributed by atoms with E-state index in [4.69, 9.17) is 4.65 Å². The van der Waals surface area contributed by atoms with Crippen molar-refractivity contribution in [1.82, 2.24) is 0 Å². The fourth-order valence-electron chi connectivity index (χ4n) is 1.40. The summed E-state index contributed by atoms with van der Waals surface area (Å²) in [5, 5.41) is 19.8. The zero-order valence-corrected chi connectivity index (χ0v) is 6.64. The van der Waals surface area contributed by atoms with Crippen molar-refractivity contribution < 1.29 is 14.6 Å². The van der Waals surface area contributed by atoms with E-state index >= 15 is 0 Å². The molecule has 0 saturated heterocycles. The van der Waals surface area contributed by atoms with Crippen molar-refractivity contribution >= 4 is 18.3 Å². The van der Waals surface area contributed by atoms with Crippen LogP contribution in [-0.4, -0.2) is 17.1 Å². The van der Waals surface area contributed by atoms with E-state index in [1.165, 1.54) is 12.1 Å². The van der Waals surface area contributed by atoms with Gasteiger partial charge in [0.1, 0.15) is 0 Å². The maximum atomic E-state index is 10.5. The van der Waals surface area contributed by atoms with Crippen molar-refractivity contribution in [2.45, 2.75) is 6.61 Å². The summed E-state index contributed by atoms with van der Waals surface area (Å²) in [6.07, 6.45) is 0. The second-order valence-electron chi connectivity index (χ2n) is 2.77. The van der Waals surface area contributed by atoms with Crippen LogP contribution >= 0.6 is 0 Å². The first kappa shape index (κ1) is 8.21. The third-order valence-corrected chi connectivity index (χ3v) is 2.04. The third kappa shape index (κ3) is 1.20. The van der Waals surface area contributed by atoms with E-state index < -0.39 is 12.0 Å². The summed E-state index contributed by atoms with van der Waals surface area (Å²) in [5.41, 5.74) is 0.975. The van der Waals surface area contributed by atoms with Crippen LogP contribution in [0.5, 0.6) is 0 Å². The lowest BCUT2D eigenvalue weighted by atomic mass is 9.79. The van der Waals surface area contributed by atoms with Crippen LogP contribution in [-0.2, 0) is 11.3 Å². The summed E-state index contributed by atoms with van der Waals surface area (Å²) in [6, 6.07) is 4.56. The third-order valence-electron chi connectivity index (χ3n) is 2.04. The Morgan fingerprint density at radius 2 is 2.38 bits per heavy atom. The first-order valence-corrected chi connectivity index (χ1v) is 3.76. The fraction of sp³-hybridized carbons (Fsp3) is 0.143. The fourth-order valence-corrected chi connectivity index (χ4v) is 1.40. The number of rotatable bonds is 1. The molecule has 0 unspecified atom stereocenters. The largest absolute Gasteiger partial charge is 0.492 e. The minimum absolute atomic E-state index is 0.00838. The number of nitrogens with zero attached hydrogens (tertiary/aromatic N) is 1. The van der Waals surface area contributed by atoms with Crippen LogP contribution in [0.2, 0.25) is 0 Å². The number of nitro groups is 1. The van der Waals surface area contributed by atoms with Crippen LogP contribution in [0.3, 0.4) is 0 Å². The van der Waals surface area contributed by atoms with Crippen molar-refractivity contribution in [3.63, 3.8) is 0 Å². The highest BCUT2D eigenvalue weighted by Crippen LogP contribution is 2.21. The quantitative estimate of drug-likeness (QED) is 0.368. The molecule has 5 nitrogen and oxygen atoms in total. The molecule has 0 saturated carbocycles. The zero-order chi connectivity index (χ0) is 9.42. The Morgan fingerprint density at radius 1 is 1.62 bits per heavy atom. The average Bonchev–Trinajstić information content (AvgIpc) is 2.48. The number of fused-ring (bicyclic) bond motifs is 1.